The number of benzene rings is 3. The fourth-order valence-electron chi connectivity index (χ4n) is 4.13. The molecule has 4 rings (SSSR count). The number of hydrogen-bond acceptors (Lipinski definition) is 4. The van der Waals surface area contributed by atoms with Gasteiger partial charge >= 0.3 is 0 Å². The van der Waals surface area contributed by atoms with Crippen molar-refractivity contribution in [2.24, 2.45) is 0 Å². The summed E-state index contributed by atoms with van der Waals surface area (Å²) in [5, 5.41) is 0. The number of hydrogen-bond donors (Lipinski definition) is 0. The molecule has 1 saturated heterocycles. The van der Waals surface area contributed by atoms with Gasteiger partial charge in [-0.25, -0.2) is 0 Å². The summed E-state index contributed by atoms with van der Waals surface area (Å²) in [5.41, 5.74) is 3.39. The Morgan fingerprint density at radius 2 is 1.33 bits per heavy atom. The fourth-order valence-corrected chi connectivity index (χ4v) is 4.13. The monoisotopic (exact) mass is 444 g/mol. The average Bonchev–Trinajstić information content (AvgIpc) is 2.88. The second kappa shape index (κ2) is 10.2. The molecular formula is C27H28N2O4. The number of rotatable bonds is 6. The van der Waals surface area contributed by atoms with Crippen molar-refractivity contribution in [3.63, 3.8) is 0 Å². The predicted octanol–water partition coefficient (Wildman–Crippen LogP) is 3.89. The third kappa shape index (κ3) is 5.00. The zero-order chi connectivity index (χ0) is 23.2. The fraction of sp³-hybridized carbons (Fsp3) is 0.259. The Morgan fingerprint density at radius 3 is 1.97 bits per heavy atom. The minimum Gasteiger partial charge on any atom is -0.497 e. The molecule has 6 heteroatoms. The molecule has 0 atom stereocenters. The van der Waals surface area contributed by atoms with Crippen LogP contribution in [0.3, 0.4) is 0 Å². The smallest absolute Gasteiger partial charge is 0.257 e. The SMILES string of the molecule is COc1ccc(C(=O)N2CCN(C(=O)c3ccccc3Cc3ccccc3)CC2)c(OC)c1. The van der Waals surface area contributed by atoms with E-state index in [2.05, 4.69) is 12.1 Å². The maximum atomic E-state index is 13.3. The van der Waals surface area contributed by atoms with Gasteiger partial charge in [0.1, 0.15) is 11.5 Å². The second-order valence-electron chi connectivity index (χ2n) is 7.97. The van der Waals surface area contributed by atoms with Crippen LogP contribution in [0.2, 0.25) is 0 Å². The molecule has 2 amide bonds. The molecule has 6 nitrogen and oxygen atoms in total. The van der Waals surface area contributed by atoms with E-state index in [1.165, 1.54) is 12.7 Å². The quantitative estimate of drug-likeness (QED) is 0.579. The lowest BCUT2D eigenvalue weighted by Crippen LogP contribution is -2.50. The molecule has 1 aliphatic rings. The molecule has 0 aromatic heterocycles. The van der Waals surface area contributed by atoms with E-state index < -0.39 is 0 Å². The first-order valence-corrected chi connectivity index (χ1v) is 11.0. The summed E-state index contributed by atoms with van der Waals surface area (Å²) in [7, 11) is 3.11. The topological polar surface area (TPSA) is 59.1 Å². The van der Waals surface area contributed by atoms with Crippen LogP contribution < -0.4 is 9.47 Å². The van der Waals surface area contributed by atoms with Crippen LogP contribution >= 0.6 is 0 Å². The first-order valence-electron chi connectivity index (χ1n) is 11.0. The maximum Gasteiger partial charge on any atom is 0.257 e. The van der Waals surface area contributed by atoms with Crippen molar-refractivity contribution in [3.8, 4) is 11.5 Å². The van der Waals surface area contributed by atoms with E-state index in [9.17, 15) is 9.59 Å². The summed E-state index contributed by atoms with van der Waals surface area (Å²) in [4.78, 5) is 30.0. The van der Waals surface area contributed by atoms with Gasteiger partial charge in [0.25, 0.3) is 11.8 Å². The van der Waals surface area contributed by atoms with Crippen molar-refractivity contribution >= 4 is 11.8 Å². The van der Waals surface area contributed by atoms with Crippen molar-refractivity contribution in [2.45, 2.75) is 6.42 Å². The molecule has 0 unspecified atom stereocenters. The van der Waals surface area contributed by atoms with Crippen molar-refractivity contribution < 1.29 is 19.1 Å². The van der Waals surface area contributed by atoms with E-state index in [1.807, 2.05) is 47.4 Å². The molecule has 0 spiro atoms. The summed E-state index contributed by atoms with van der Waals surface area (Å²) in [6, 6.07) is 23.1. The zero-order valence-corrected chi connectivity index (χ0v) is 19.0. The zero-order valence-electron chi connectivity index (χ0n) is 19.0. The van der Waals surface area contributed by atoms with Crippen molar-refractivity contribution in [3.05, 3.63) is 95.1 Å². The molecule has 1 aliphatic heterocycles. The molecule has 3 aromatic carbocycles. The van der Waals surface area contributed by atoms with Gasteiger partial charge in [-0.1, -0.05) is 48.5 Å². The summed E-state index contributed by atoms with van der Waals surface area (Å²) in [6.07, 6.45) is 0.707. The Kier molecular flexibility index (Phi) is 6.93. The van der Waals surface area contributed by atoms with Crippen molar-refractivity contribution in [1.29, 1.82) is 0 Å². The lowest BCUT2D eigenvalue weighted by Gasteiger charge is -2.35. The summed E-state index contributed by atoms with van der Waals surface area (Å²) < 4.78 is 10.6. The van der Waals surface area contributed by atoms with Gasteiger partial charge in [0.15, 0.2) is 0 Å². The van der Waals surface area contributed by atoms with Gasteiger partial charge in [0, 0.05) is 37.8 Å². The predicted molar refractivity (Wildman–Crippen MR) is 127 cm³/mol. The molecule has 0 bridgehead atoms. The minimum atomic E-state index is -0.105. The Hall–Kier alpha value is -3.80. The second-order valence-corrected chi connectivity index (χ2v) is 7.97. The van der Waals surface area contributed by atoms with E-state index in [0.29, 0.717) is 49.7 Å². The number of methoxy groups -OCH3 is 2. The Morgan fingerprint density at radius 1 is 0.727 bits per heavy atom. The number of carbonyl (C=O) groups is 2. The van der Waals surface area contributed by atoms with E-state index in [1.54, 1.807) is 30.2 Å². The van der Waals surface area contributed by atoms with Crippen LogP contribution in [-0.2, 0) is 6.42 Å². The molecule has 0 radical (unpaired) electrons. The van der Waals surface area contributed by atoms with Crippen LogP contribution in [0.15, 0.2) is 72.8 Å². The lowest BCUT2D eigenvalue weighted by atomic mass is 9.99. The van der Waals surface area contributed by atoms with E-state index in [0.717, 1.165) is 11.1 Å². The van der Waals surface area contributed by atoms with E-state index in [-0.39, 0.29) is 11.8 Å². The molecule has 0 saturated carbocycles. The Balaban J connectivity index is 1.43. The average molecular weight is 445 g/mol. The van der Waals surface area contributed by atoms with Crippen LogP contribution in [0.4, 0.5) is 0 Å². The Bertz CT molecular complexity index is 1120. The molecule has 170 valence electrons. The van der Waals surface area contributed by atoms with Gasteiger partial charge in [0.05, 0.1) is 19.8 Å². The highest BCUT2D eigenvalue weighted by atomic mass is 16.5. The highest BCUT2D eigenvalue weighted by Crippen LogP contribution is 2.26. The van der Waals surface area contributed by atoms with Crippen LogP contribution in [0.25, 0.3) is 0 Å². The maximum absolute atomic E-state index is 13.3. The minimum absolute atomic E-state index is 0.00987. The highest BCUT2D eigenvalue weighted by molar-refractivity contribution is 5.98. The van der Waals surface area contributed by atoms with Gasteiger partial charge in [0.2, 0.25) is 0 Å². The van der Waals surface area contributed by atoms with Crippen molar-refractivity contribution in [2.75, 3.05) is 40.4 Å². The van der Waals surface area contributed by atoms with Gasteiger partial charge in [-0.2, -0.15) is 0 Å². The number of nitrogens with zero attached hydrogens (tertiary/aromatic N) is 2. The summed E-state index contributed by atoms with van der Waals surface area (Å²) in [6.45, 7) is 1.92. The molecule has 1 fully saturated rings. The largest absolute Gasteiger partial charge is 0.497 e. The number of piperazine rings is 1. The summed E-state index contributed by atoms with van der Waals surface area (Å²) in [5.74, 6) is 1.02. The van der Waals surface area contributed by atoms with Gasteiger partial charge in [-0.3, -0.25) is 9.59 Å². The normalized spacial score (nSPS) is 13.5. The van der Waals surface area contributed by atoms with Crippen LogP contribution in [0.1, 0.15) is 31.8 Å². The number of carbonyl (C=O) groups excluding carboxylic acids is 2. The third-order valence-corrected chi connectivity index (χ3v) is 5.98. The standard InChI is InChI=1S/C27H28N2O4/c1-32-22-12-13-24(25(19-22)33-2)27(31)29-16-14-28(15-17-29)26(30)23-11-7-6-10-21(23)18-20-8-4-3-5-9-20/h3-13,19H,14-18H2,1-2H3. The van der Waals surface area contributed by atoms with Crippen LogP contribution in [0, 0.1) is 0 Å². The number of ether oxygens (including phenoxy) is 2. The molecule has 1 heterocycles. The van der Waals surface area contributed by atoms with Gasteiger partial charge in [-0.05, 0) is 35.7 Å². The molecular weight excluding hydrogens is 416 g/mol. The van der Waals surface area contributed by atoms with Gasteiger partial charge < -0.3 is 19.3 Å². The van der Waals surface area contributed by atoms with Crippen LogP contribution in [-0.4, -0.2) is 62.0 Å². The highest BCUT2D eigenvalue weighted by Gasteiger charge is 2.28. The molecule has 33 heavy (non-hydrogen) atoms. The Labute approximate surface area is 194 Å². The summed E-state index contributed by atoms with van der Waals surface area (Å²) >= 11 is 0. The van der Waals surface area contributed by atoms with Gasteiger partial charge in [-0.15, -0.1) is 0 Å². The number of amides is 2. The first-order chi connectivity index (χ1) is 16.1. The van der Waals surface area contributed by atoms with Crippen molar-refractivity contribution in [1.82, 2.24) is 9.80 Å². The molecule has 3 aromatic rings. The molecule has 0 N–H and O–H groups in total. The van der Waals surface area contributed by atoms with E-state index in [4.69, 9.17) is 9.47 Å². The van der Waals surface area contributed by atoms with Crippen LogP contribution in [0.5, 0.6) is 11.5 Å². The third-order valence-electron chi connectivity index (χ3n) is 5.98. The molecule has 0 aliphatic carbocycles. The first kappa shape index (κ1) is 22.4. The lowest BCUT2D eigenvalue weighted by molar-refractivity contribution is 0.0533. The van der Waals surface area contributed by atoms with E-state index >= 15 is 0 Å².